The van der Waals surface area contributed by atoms with E-state index in [9.17, 15) is 4.79 Å². The lowest BCUT2D eigenvalue weighted by Crippen LogP contribution is -2.11. The summed E-state index contributed by atoms with van der Waals surface area (Å²) >= 11 is 4.79. The summed E-state index contributed by atoms with van der Waals surface area (Å²) in [4.78, 5) is 16.3. The smallest absolute Gasteiger partial charge is 0.257 e. The molecule has 94 valence electrons. The molecule has 0 atom stereocenters. The molecule has 0 fully saturated rings. The van der Waals surface area contributed by atoms with Gasteiger partial charge >= 0.3 is 0 Å². The molecule has 18 heavy (non-hydrogen) atoms. The number of carbonyl (C=O) groups is 1. The number of carbonyl (C=O) groups excluding carboxylic acids is 1. The van der Waals surface area contributed by atoms with Crippen LogP contribution >= 0.6 is 27.3 Å². The van der Waals surface area contributed by atoms with E-state index in [0.29, 0.717) is 16.6 Å². The molecule has 0 aliphatic heterocycles. The van der Waals surface area contributed by atoms with Gasteiger partial charge in [-0.1, -0.05) is 29.8 Å². The molecule has 1 amide bonds. The van der Waals surface area contributed by atoms with Crippen molar-refractivity contribution in [1.29, 1.82) is 0 Å². The number of halogens is 1. The first kappa shape index (κ1) is 13.2. The number of rotatable bonds is 3. The minimum absolute atomic E-state index is 0.132. The van der Waals surface area contributed by atoms with Gasteiger partial charge in [-0.15, -0.1) is 11.3 Å². The number of anilines is 1. The number of benzene rings is 1. The topological polar surface area (TPSA) is 42.0 Å². The molecule has 5 heteroatoms. The summed E-state index contributed by atoms with van der Waals surface area (Å²) in [7, 11) is 0. The van der Waals surface area contributed by atoms with Gasteiger partial charge in [-0.3, -0.25) is 10.1 Å². The molecule has 1 heterocycles. The molecule has 0 aliphatic carbocycles. The van der Waals surface area contributed by atoms with Crippen molar-refractivity contribution in [2.45, 2.75) is 19.8 Å². The van der Waals surface area contributed by atoms with Crippen LogP contribution in [0.5, 0.6) is 0 Å². The second-order valence-corrected chi connectivity index (χ2v) is 5.97. The van der Waals surface area contributed by atoms with Gasteiger partial charge in [-0.2, -0.15) is 0 Å². The first-order valence-corrected chi connectivity index (χ1v) is 7.26. The third-order valence-corrected chi connectivity index (χ3v) is 3.74. The van der Waals surface area contributed by atoms with Crippen LogP contribution in [-0.4, -0.2) is 10.9 Å². The van der Waals surface area contributed by atoms with Crippen LogP contribution in [0.25, 0.3) is 0 Å². The lowest BCUT2D eigenvalue weighted by molar-refractivity contribution is 0.102. The first-order chi connectivity index (χ1) is 8.56. The number of aromatic nitrogens is 1. The van der Waals surface area contributed by atoms with Crippen molar-refractivity contribution in [1.82, 2.24) is 4.98 Å². The molecule has 0 aliphatic rings. The van der Waals surface area contributed by atoms with Crippen LogP contribution in [0.4, 0.5) is 5.13 Å². The molecule has 2 aromatic rings. The Kier molecular flexibility index (Phi) is 4.14. The molecule has 0 saturated carbocycles. The standard InChI is InChI=1S/C13H13BrN2OS/c1-8(2)11-7-18-13(15-11)16-12(17)9-3-5-10(14)6-4-9/h3-8H,1-2H3,(H,15,16,17). The van der Waals surface area contributed by atoms with Crippen LogP contribution in [0.1, 0.15) is 35.8 Å². The van der Waals surface area contributed by atoms with Gasteiger partial charge in [0.1, 0.15) is 0 Å². The maximum atomic E-state index is 11.9. The predicted octanol–water partition coefficient (Wildman–Crippen LogP) is 4.28. The van der Waals surface area contributed by atoms with Crippen LogP contribution in [0.3, 0.4) is 0 Å². The predicted molar refractivity (Wildman–Crippen MR) is 78.3 cm³/mol. The number of hydrogen-bond acceptors (Lipinski definition) is 3. The zero-order valence-electron chi connectivity index (χ0n) is 10.1. The summed E-state index contributed by atoms with van der Waals surface area (Å²) < 4.78 is 0.954. The van der Waals surface area contributed by atoms with Crippen molar-refractivity contribution in [2.75, 3.05) is 5.32 Å². The lowest BCUT2D eigenvalue weighted by Gasteiger charge is -2.02. The van der Waals surface area contributed by atoms with Gasteiger partial charge in [-0.05, 0) is 30.2 Å². The maximum absolute atomic E-state index is 11.9. The van der Waals surface area contributed by atoms with Crippen LogP contribution in [0.15, 0.2) is 34.1 Å². The van der Waals surface area contributed by atoms with Gasteiger partial charge in [0, 0.05) is 15.4 Å². The number of nitrogens with zero attached hydrogens (tertiary/aromatic N) is 1. The van der Waals surface area contributed by atoms with Gasteiger partial charge in [0.05, 0.1) is 5.69 Å². The van der Waals surface area contributed by atoms with E-state index in [2.05, 4.69) is 40.1 Å². The van der Waals surface area contributed by atoms with E-state index in [1.807, 2.05) is 17.5 Å². The Labute approximate surface area is 118 Å². The molecule has 1 aromatic heterocycles. The van der Waals surface area contributed by atoms with E-state index in [1.165, 1.54) is 11.3 Å². The van der Waals surface area contributed by atoms with Crippen LogP contribution < -0.4 is 5.32 Å². The zero-order chi connectivity index (χ0) is 13.1. The number of nitrogens with one attached hydrogen (secondary N) is 1. The van der Waals surface area contributed by atoms with Crippen molar-refractivity contribution < 1.29 is 4.79 Å². The lowest BCUT2D eigenvalue weighted by atomic mass is 10.2. The van der Waals surface area contributed by atoms with Gasteiger partial charge in [0.25, 0.3) is 5.91 Å². The van der Waals surface area contributed by atoms with Crippen LogP contribution in [-0.2, 0) is 0 Å². The van der Waals surface area contributed by atoms with Crippen molar-refractivity contribution in [3.8, 4) is 0 Å². The van der Waals surface area contributed by atoms with E-state index < -0.39 is 0 Å². The fraction of sp³-hybridized carbons (Fsp3) is 0.231. The highest BCUT2D eigenvalue weighted by molar-refractivity contribution is 9.10. The summed E-state index contributed by atoms with van der Waals surface area (Å²) in [6, 6.07) is 7.24. The fourth-order valence-electron chi connectivity index (χ4n) is 1.38. The monoisotopic (exact) mass is 324 g/mol. The normalized spacial score (nSPS) is 10.7. The van der Waals surface area contributed by atoms with E-state index in [1.54, 1.807) is 12.1 Å². The van der Waals surface area contributed by atoms with E-state index in [0.717, 1.165) is 10.2 Å². The van der Waals surface area contributed by atoms with E-state index in [4.69, 9.17) is 0 Å². The Morgan fingerprint density at radius 1 is 1.33 bits per heavy atom. The van der Waals surface area contributed by atoms with Gasteiger partial charge in [0.15, 0.2) is 5.13 Å². The molecular weight excluding hydrogens is 312 g/mol. The summed E-state index contributed by atoms with van der Waals surface area (Å²) in [6.07, 6.45) is 0. The molecule has 0 bridgehead atoms. The molecule has 2 rings (SSSR count). The highest BCUT2D eigenvalue weighted by atomic mass is 79.9. The number of hydrogen-bond donors (Lipinski definition) is 1. The van der Waals surface area contributed by atoms with Gasteiger partial charge in [0.2, 0.25) is 0 Å². The average molecular weight is 325 g/mol. The quantitative estimate of drug-likeness (QED) is 0.915. The largest absolute Gasteiger partial charge is 0.298 e. The molecule has 0 saturated heterocycles. The summed E-state index contributed by atoms with van der Waals surface area (Å²) in [5.41, 5.74) is 1.63. The minimum Gasteiger partial charge on any atom is -0.298 e. The highest BCUT2D eigenvalue weighted by Gasteiger charge is 2.10. The summed E-state index contributed by atoms with van der Waals surface area (Å²) in [5.74, 6) is 0.242. The van der Waals surface area contributed by atoms with Crippen LogP contribution in [0, 0.1) is 0 Å². The molecule has 1 N–H and O–H groups in total. The molecule has 0 radical (unpaired) electrons. The Hall–Kier alpha value is -1.20. The zero-order valence-corrected chi connectivity index (χ0v) is 12.5. The molecule has 0 spiro atoms. The summed E-state index contributed by atoms with van der Waals surface area (Å²) in [5, 5.41) is 5.43. The average Bonchev–Trinajstić information content (AvgIpc) is 2.78. The number of amides is 1. The van der Waals surface area contributed by atoms with Crippen molar-refractivity contribution in [3.05, 3.63) is 45.4 Å². The Bertz CT molecular complexity index is 548. The van der Waals surface area contributed by atoms with Crippen LogP contribution in [0.2, 0.25) is 0 Å². The highest BCUT2D eigenvalue weighted by Crippen LogP contribution is 2.22. The SMILES string of the molecule is CC(C)c1csc(NC(=O)c2ccc(Br)cc2)n1. The molecule has 0 unspecified atom stereocenters. The van der Waals surface area contributed by atoms with Crippen molar-refractivity contribution in [2.24, 2.45) is 0 Å². The van der Waals surface area contributed by atoms with Crippen molar-refractivity contribution in [3.63, 3.8) is 0 Å². The molecular formula is C13H13BrN2OS. The van der Waals surface area contributed by atoms with Crippen molar-refractivity contribution >= 4 is 38.3 Å². The van der Waals surface area contributed by atoms with E-state index >= 15 is 0 Å². The number of thiazole rings is 1. The molecule has 3 nitrogen and oxygen atoms in total. The Morgan fingerprint density at radius 2 is 2.00 bits per heavy atom. The Morgan fingerprint density at radius 3 is 2.56 bits per heavy atom. The van der Waals surface area contributed by atoms with Gasteiger partial charge in [-0.25, -0.2) is 4.98 Å². The minimum atomic E-state index is -0.132. The summed E-state index contributed by atoms with van der Waals surface area (Å²) in [6.45, 7) is 4.16. The second kappa shape index (κ2) is 5.63. The maximum Gasteiger partial charge on any atom is 0.257 e. The third kappa shape index (κ3) is 3.17. The molecule has 1 aromatic carbocycles. The van der Waals surface area contributed by atoms with E-state index in [-0.39, 0.29) is 5.91 Å². The first-order valence-electron chi connectivity index (χ1n) is 5.58. The second-order valence-electron chi connectivity index (χ2n) is 4.19. The Balaban J connectivity index is 2.08. The van der Waals surface area contributed by atoms with Gasteiger partial charge < -0.3 is 0 Å². The third-order valence-electron chi connectivity index (χ3n) is 2.44. The fourth-order valence-corrected chi connectivity index (χ4v) is 2.51.